The van der Waals surface area contributed by atoms with E-state index in [2.05, 4.69) is 22.2 Å². The first-order valence-electron chi connectivity index (χ1n) is 2.84. The fraction of sp³-hybridized carbons (Fsp3) is 0. The maximum Gasteiger partial charge on any atom is 0.179 e. The Hall–Kier alpha value is -0.350. The van der Waals surface area contributed by atoms with Crippen molar-refractivity contribution in [1.29, 1.82) is 0 Å². The van der Waals surface area contributed by atoms with Crippen molar-refractivity contribution in [3.05, 3.63) is 35.0 Å². The molecule has 0 N–H and O–H groups in total. The van der Waals surface area contributed by atoms with Gasteiger partial charge in [0.15, 0.2) is 9.84 Å². The third-order valence-electron chi connectivity index (χ3n) is 1.17. The minimum Gasteiger partial charge on any atom is -0.224 e. The maximum absolute atomic E-state index is 10.8. The molecule has 0 bridgehead atoms. The van der Waals surface area contributed by atoms with Crippen molar-refractivity contribution >= 4 is 25.8 Å². The Balaban J connectivity index is 3.20. The minimum atomic E-state index is -3.29. The highest BCUT2D eigenvalue weighted by Gasteiger charge is 2.04. The molecule has 0 unspecified atom stereocenters. The third kappa shape index (κ3) is 2.31. The molecule has 0 heterocycles. The Kier molecular flexibility index (Phi) is 2.34. The fourth-order valence-electron chi connectivity index (χ4n) is 0.642. The number of sulfone groups is 1. The van der Waals surface area contributed by atoms with Gasteiger partial charge in [0.2, 0.25) is 0 Å². The molecule has 0 aliphatic rings. The van der Waals surface area contributed by atoms with Crippen molar-refractivity contribution in [2.24, 2.45) is 0 Å². The molecule has 11 heavy (non-hydrogen) atoms. The van der Waals surface area contributed by atoms with Crippen LogP contribution in [0.4, 0.5) is 0 Å². The summed E-state index contributed by atoms with van der Waals surface area (Å²) in [5, 5.41) is 0. The van der Waals surface area contributed by atoms with E-state index in [-0.39, 0.29) is 4.90 Å². The van der Waals surface area contributed by atoms with Crippen molar-refractivity contribution in [3.8, 4) is 0 Å². The summed E-state index contributed by atoms with van der Waals surface area (Å²) in [4.78, 5) is 0.237. The van der Waals surface area contributed by atoms with Gasteiger partial charge in [-0.15, -0.1) is 0 Å². The van der Waals surface area contributed by atoms with Crippen molar-refractivity contribution in [2.75, 3.05) is 0 Å². The lowest BCUT2D eigenvalue weighted by Crippen LogP contribution is -1.92. The molecule has 1 rings (SSSR count). The summed E-state index contributed by atoms with van der Waals surface area (Å²) >= 11 is 3.20. The molecule has 0 aromatic heterocycles. The van der Waals surface area contributed by atoms with Crippen LogP contribution in [0.25, 0.3) is 0 Å². The Morgan fingerprint density at radius 2 is 1.64 bits per heavy atom. The maximum atomic E-state index is 10.8. The highest BCUT2D eigenvalue weighted by Crippen LogP contribution is 2.14. The van der Waals surface area contributed by atoms with Crippen LogP contribution in [0.15, 0.2) is 33.6 Å². The minimum absolute atomic E-state index is 0.237. The lowest BCUT2D eigenvalue weighted by atomic mass is 10.4. The summed E-state index contributed by atoms with van der Waals surface area (Å²) in [5.74, 6) is 0. The molecular weight excluding hydrogens is 228 g/mol. The van der Waals surface area contributed by atoms with Crippen molar-refractivity contribution in [1.82, 2.24) is 0 Å². The van der Waals surface area contributed by atoms with Crippen LogP contribution in [0.2, 0.25) is 0 Å². The molecule has 1 radical (unpaired) electrons. The molecule has 0 aliphatic heterocycles. The van der Waals surface area contributed by atoms with E-state index >= 15 is 0 Å². The molecular formula is C7H6BrO2S. The highest BCUT2D eigenvalue weighted by molar-refractivity contribution is 9.10. The van der Waals surface area contributed by atoms with Gasteiger partial charge in [0, 0.05) is 4.47 Å². The van der Waals surface area contributed by atoms with E-state index in [9.17, 15) is 8.42 Å². The monoisotopic (exact) mass is 233 g/mol. The Bertz CT molecular complexity index is 339. The van der Waals surface area contributed by atoms with E-state index in [1.165, 1.54) is 12.1 Å². The first-order valence-corrected chi connectivity index (χ1v) is 5.28. The standard InChI is InChI=1S/C7H6BrO2S/c1-11(9,10)7-4-2-6(8)3-5-7/h2-5H,1H2. The summed E-state index contributed by atoms with van der Waals surface area (Å²) in [6.07, 6.45) is 3.03. The quantitative estimate of drug-likeness (QED) is 0.744. The number of hydrogen-bond acceptors (Lipinski definition) is 2. The molecule has 0 fully saturated rings. The van der Waals surface area contributed by atoms with Crippen LogP contribution in [-0.4, -0.2) is 8.42 Å². The number of halogens is 1. The van der Waals surface area contributed by atoms with E-state index in [0.717, 1.165) is 4.47 Å². The van der Waals surface area contributed by atoms with E-state index in [1.54, 1.807) is 12.1 Å². The average Bonchev–Trinajstić information content (AvgIpc) is 1.86. The van der Waals surface area contributed by atoms with Crippen molar-refractivity contribution in [2.45, 2.75) is 4.90 Å². The topological polar surface area (TPSA) is 34.1 Å². The molecule has 2 nitrogen and oxygen atoms in total. The van der Waals surface area contributed by atoms with Crippen LogP contribution in [-0.2, 0) is 9.84 Å². The van der Waals surface area contributed by atoms with Gasteiger partial charge in [-0.25, -0.2) is 8.42 Å². The molecule has 4 heteroatoms. The molecule has 59 valence electrons. The summed E-state index contributed by atoms with van der Waals surface area (Å²) in [6.45, 7) is 0. The third-order valence-corrected chi connectivity index (χ3v) is 2.69. The molecule has 1 aromatic rings. The number of benzene rings is 1. The van der Waals surface area contributed by atoms with Gasteiger partial charge in [0.05, 0.1) is 11.2 Å². The summed E-state index contributed by atoms with van der Waals surface area (Å²) in [7, 11) is -3.29. The molecule has 0 amide bonds. The van der Waals surface area contributed by atoms with Crippen LogP contribution in [0.1, 0.15) is 0 Å². The van der Waals surface area contributed by atoms with Gasteiger partial charge in [0.1, 0.15) is 0 Å². The predicted molar refractivity (Wildman–Crippen MR) is 46.7 cm³/mol. The Morgan fingerprint density at radius 1 is 1.18 bits per heavy atom. The van der Waals surface area contributed by atoms with Gasteiger partial charge in [0.25, 0.3) is 0 Å². The SMILES string of the molecule is [CH2]S(=O)(=O)c1ccc(Br)cc1. The number of hydrogen-bond donors (Lipinski definition) is 0. The molecule has 0 saturated heterocycles. The van der Waals surface area contributed by atoms with Gasteiger partial charge in [-0.3, -0.25) is 0 Å². The summed E-state index contributed by atoms with van der Waals surface area (Å²) in [5.41, 5.74) is 0. The van der Waals surface area contributed by atoms with Crippen LogP contribution in [0.5, 0.6) is 0 Å². The lowest BCUT2D eigenvalue weighted by molar-refractivity contribution is 0.604. The van der Waals surface area contributed by atoms with Crippen LogP contribution >= 0.6 is 15.9 Å². The first kappa shape index (κ1) is 8.74. The summed E-state index contributed by atoms with van der Waals surface area (Å²) in [6, 6.07) is 6.34. The van der Waals surface area contributed by atoms with E-state index in [4.69, 9.17) is 0 Å². The molecule has 0 saturated carbocycles. The zero-order valence-corrected chi connectivity index (χ0v) is 8.02. The second-order valence-corrected chi connectivity index (χ2v) is 4.69. The molecule has 0 atom stereocenters. The van der Waals surface area contributed by atoms with Gasteiger partial charge in [-0.2, -0.15) is 0 Å². The van der Waals surface area contributed by atoms with E-state index in [0.29, 0.717) is 0 Å². The Morgan fingerprint density at radius 3 is 2.00 bits per heavy atom. The van der Waals surface area contributed by atoms with Crippen molar-refractivity contribution < 1.29 is 8.42 Å². The van der Waals surface area contributed by atoms with Crippen LogP contribution < -0.4 is 0 Å². The zero-order valence-electron chi connectivity index (χ0n) is 5.62. The highest BCUT2D eigenvalue weighted by atomic mass is 79.9. The lowest BCUT2D eigenvalue weighted by Gasteiger charge is -1.95. The molecule has 0 spiro atoms. The Labute approximate surface area is 74.3 Å². The zero-order chi connectivity index (χ0) is 8.48. The van der Waals surface area contributed by atoms with Crippen molar-refractivity contribution in [3.63, 3.8) is 0 Å². The first-order chi connectivity index (χ1) is 5.00. The summed E-state index contributed by atoms with van der Waals surface area (Å²) < 4.78 is 22.5. The second kappa shape index (κ2) is 2.95. The van der Waals surface area contributed by atoms with Gasteiger partial charge < -0.3 is 0 Å². The van der Waals surface area contributed by atoms with Gasteiger partial charge in [-0.1, -0.05) is 15.9 Å². The number of rotatable bonds is 1. The molecule has 1 aromatic carbocycles. The second-order valence-electron chi connectivity index (χ2n) is 2.07. The van der Waals surface area contributed by atoms with Crippen LogP contribution in [0.3, 0.4) is 0 Å². The molecule has 0 aliphatic carbocycles. The fourth-order valence-corrected chi connectivity index (χ4v) is 1.46. The predicted octanol–water partition coefficient (Wildman–Crippen LogP) is 2.01. The van der Waals surface area contributed by atoms with Gasteiger partial charge >= 0.3 is 0 Å². The van der Waals surface area contributed by atoms with E-state index in [1.807, 2.05) is 0 Å². The largest absolute Gasteiger partial charge is 0.224 e. The average molecular weight is 234 g/mol. The van der Waals surface area contributed by atoms with Gasteiger partial charge in [-0.05, 0) is 24.3 Å². The van der Waals surface area contributed by atoms with Crippen LogP contribution in [0, 0.1) is 6.26 Å². The smallest absolute Gasteiger partial charge is 0.179 e. The normalized spacial score (nSPS) is 11.5. The van der Waals surface area contributed by atoms with E-state index < -0.39 is 9.84 Å².